The number of carbonyl (C=O) groups is 3. The van der Waals surface area contributed by atoms with Gasteiger partial charge in [-0.25, -0.2) is 9.59 Å². The average Bonchev–Trinajstić information content (AvgIpc) is 2.98. The Bertz CT molecular complexity index is 1460. The fraction of sp³-hybridized carbons (Fsp3) is 0.571. The summed E-state index contributed by atoms with van der Waals surface area (Å²) in [5, 5.41) is 20.3. The van der Waals surface area contributed by atoms with E-state index in [1.165, 1.54) is 0 Å². The molecule has 2 fully saturated rings. The van der Waals surface area contributed by atoms with Gasteiger partial charge < -0.3 is 29.2 Å². The van der Waals surface area contributed by atoms with Gasteiger partial charge in [-0.3, -0.25) is 14.6 Å². The maximum atomic E-state index is 12.5. The number of hydrogen-bond donors (Lipinski definition) is 2. The van der Waals surface area contributed by atoms with Crippen LogP contribution in [0.25, 0.3) is 0 Å². The molecule has 2 aliphatic heterocycles. The number of morpholine rings is 2. The summed E-state index contributed by atoms with van der Waals surface area (Å²) in [7, 11) is 0. The fourth-order valence-corrected chi connectivity index (χ4v) is 6.64. The largest absolute Gasteiger partial charge is 0.508 e. The number of aldehydes is 1. The SMILES string of the molecule is CC(C)(C)OC(=O)N1CCO[C@@H]2Cc3c(O)cccc3C[C@H]21.CC(C)(C)OC(=O)N1CCO[C@@H]2Cc3c(ccc(C=O)c3O)C[C@H]21. The number of benzene rings is 2. The van der Waals surface area contributed by atoms with Gasteiger partial charge in [-0.1, -0.05) is 18.2 Å². The van der Waals surface area contributed by atoms with Crippen molar-refractivity contribution in [1.29, 1.82) is 0 Å². The number of amides is 2. The molecule has 0 bridgehead atoms. The Morgan fingerprint density at radius 3 is 1.76 bits per heavy atom. The molecule has 2 aromatic rings. The van der Waals surface area contributed by atoms with Crippen LogP contribution in [-0.2, 0) is 44.6 Å². The van der Waals surface area contributed by atoms with Crippen LogP contribution in [-0.4, -0.2) is 100 Å². The predicted molar refractivity (Wildman–Crippen MR) is 169 cm³/mol. The molecule has 11 heteroatoms. The van der Waals surface area contributed by atoms with E-state index < -0.39 is 11.2 Å². The molecule has 0 unspecified atom stereocenters. The summed E-state index contributed by atoms with van der Waals surface area (Å²) < 4.78 is 22.7. The minimum absolute atomic E-state index is 0.0268. The second-order valence-electron chi connectivity index (χ2n) is 14.3. The second kappa shape index (κ2) is 13.1. The molecule has 2 amide bonds. The molecule has 4 atom stereocenters. The van der Waals surface area contributed by atoms with Crippen molar-refractivity contribution in [3.8, 4) is 11.5 Å². The highest BCUT2D eigenvalue weighted by Crippen LogP contribution is 2.36. The molecule has 0 radical (unpaired) electrons. The number of nitrogens with zero attached hydrogens (tertiary/aromatic N) is 2. The van der Waals surface area contributed by atoms with Crippen molar-refractivity contribution in [2.24, 2.45) is 0 Å². The number of phenols is 2. The molecule has 4 aliphatic rings. The second-order valence-corrected chi connectivity index (χ2v) is 14.3. The van der Waals surface area contributed by atoms with Gasteiger partial charge in [-0.05, 0) is 83.2 Å². The van der Waals surface area contributed by atoms with Gasteiger partial charge in [-0.15, -0.1) is 0 Å². The van der Waals surface area contributed by atoms with E-state index in [9.17, 15) is 24.6 Å². The maximum Gasteiger partial charge on any atom is 0.410 e. The third-order valence-corrected chi connectivity index (χ3v) is 8.70. The number of hydrogen-bond acceptors (Lipinski definition) is 9. The highest BCUT2D eigenvalue weighted by Gasteiger charge is 2.42. The lowest BCUT2D eigenvalue weighted by molar-refractivity contribution is -0.0784. The van der Waals surface area contributed by atoms with Gasteiger partial charge in [0.1, 0.15) is 22.7 Å². The van der Waals surface area contributed by atoms with Crippen molar-refractivity contribution in [1.82, 2.24) is 9.80 Å². The first-order chi connectivity index (χ1) is 21.6. The monoisotopic (exact) mass is 638 g/mol. The standard InChI is InChI=1S/C18H23NO5.C17H23NO4/c1-18(2,3)24-17(22)19-6-7-23-15-9-13-11(8-14(15)19)4-5-12(10-20)16(13)21;1-17(2,3)22-16(20)18-7-8-21-15-10-12-11(9-13(15)18)5-4-6-14(12)19/h4-5,10,14-15,21H,6-9H2,1-3H3;4-6,13,15,19H,7-10H2,1-3H3/t14-,15-;13-,15-/m11/s1. The third kappa shape index (κ3) is 7.41. The number of aromatic hydroxyl groups is 2. The molecule has 0 spiro atoms. The lowest BCUT2D eigenvalue weighted by atomic mass is 9.83. The first kappa shape index (κ1) is 33.5. The van der Waals surface area contributed by atoms with Crippen LogP contribution in [0.3, 0.4) is 0 Å². The van der Waals surface area contributed by atoms with E-state index in [1.54, 1.807) is 21.9 Å². The molecule has 6 rings (SSSR count). The van der Waals surface area contributed by atoms with Crippen LogP contribution in [0.2, 0.25) is 0 Å². The van der Waals surface area contributed by atoms with Crippen LogP contribution in [0.4, 0.5) is 9.59 Å². The molecule has 2 aliphatic carbocycles. The molecule has 2 N–H and O–H groups in total. The normalized spacial score (nSPS) is 23.8. The van der Waals surface area contributed by atoms with Crippen LogP contribution < -0.4 is 0 Å². The van der Waals surface area contributed by atoms with Crippen molar-refractivity contribution in [2.45, 2.75) is 103 Å². The van der Waals surface area contributed by atoms with Crippen LogP contribution in [0.15, 0.2) is 30.3 Å². The molecule has 0 aromatic heterocycles. The van der Waals surface area contributed by atoms with Crippen LogP contribution in [0.5, 0.6) is 11.5 Å². The summed E-state index contributed by atoms with van der Waals surface area (Å²) in [6.45, 7) is 13.1. The van der Waals surface area contributed by atoms with Crippen molar-refractivity contribution in [3.05, 3.63) is 58.1 Å². The quantitative estimate of drug-likeness (QED) is 0.422. The Morgan fingerprint density at radius 1 is 0.761 bits per heavy atom. The van der Waals surface area contributed by atoms with Gasteiger partial charge in [0.2, 0.25) is 0 Å². The van der Waals surface area contributed by atoms with E-state index in [-0.39, 0.29) is 47.8 Å². The zero-order valence-electron chi connectivity index (χ0n) is 27.6. The minimum atomic E-state index is -0.547. The summed E-state index contributed by atoms with van der Waals surface area (Å²) in [5.41, 5.74) is 2.94. The van der Waals surface area contributed by atoms with Crippen LogP contribution >= 0.6 is 0 Å². The highest BCUT2D eigenvalue weighted by atomic mass is 16.6. The van der Waals surface area contributed by atoms with E-state index in [0.717, 1.165) is 22.3 Å². The molecule has 0 saturated carbocycles. The van der Waals surface area contributed by atoms with Gasteiger partial charge in [0.05, 0.1) is 43.1 Å². The van der Waals surface area contributed by atoms with Gasteiger partial charge in [0.25, 0.3) is 0 Å². The lowest BCUT2D eigenvalue weighted by Crippen LogP contribution is -2.57. The molecule has 46 heavy (non-hydrogen) atoms. The number of rotatable bonds is 1. The topological polar surface area (TPSA) is 135 Å². The highest BCUT2D eigenvalue weighted by molar-refractivity contribution is 5.80. The van der Waals surface area contributed by atoms with E-state index in [1.807, 2.05) is 59.7 Å². The summed E-state index contributed by atoms with van der Waals surface area (Å²) in [6.07, 6.45) is 2.12. The number of carbonyl (C=O) groups excluding carboxylic acids is 3. The van der Waals surface area contributed by atoms with Crippen molar-refractivity contribution < 1.29 is 43.5 Å². The Hall–Kier alpha value is -3.83. The van der Waals surface area contributed by atoms with Gasteiger partial charge in [-0.2, -0.15) is 0 Å². The minimum Gasteiger partial charge on any atom is -0.508 e. The molecule has 11 nitrogen and oxygen atoms in total. The Morgan fingerprint density at radius 2 is 1.26 bits per heavy atom. The van der Waals surface area contributed by atoms with E-state index in [4.69, 9.17) is 18.9 Å². The first-order valence-corrected chi connectivity index (χ1v) is 16.0. The summed E-state index contributed by atoms with van der Waals surface area (Å²) in [4.78, 5) is 39.5. The van der Waals surface area contributed by atoms with Crippen molar-refractivity contribution in [3.63, 3.8) is 0 Å². The third-order valence-electron chi connectivity index (χ3n) is 8.70. The summed E-state index contributed by atoms with van der Waals surface area (Å²) in [5.74, 6) is 0.341. The maximum absolute atomic E-state index is 12.5. The molecule has 2 heterocycles. The Labute approximate surface area is 270 Å². The lowest BCUT2D eigenvalue weighted by Gasteiger charge is -2.44. The summed E-state index contributed by atoms with van der Waals surface area (Å²) >= 11 is 0. The zero-order chi connectivity index (χ0) is 33.4. The number of fused-ring (bicyclic) bond motifs is 4. The molecular formula is C35H46N2O9. The van der Waals surface area contributed by atoms with E-state index >= 15 is 0 Å². The van der Waals surface area contributed by atoms with Crippen molar-refractivity contribution in [2.75, 3.05) is 26.3 Å². The smallest absolute Gasteiger partial charge is 0.410 e. The van der Waals surface area contributed by atoms with Gasteiger partial charge >= 0.3 is 12.2 Å². The molecule has 2 saturated heterocycles. The predicted octanol–water partition coefficient (Wildman–Crippen LogP) is 4.80. The van der Waals surface area contributed by atoms with E-state index in [0.29, 0.717) is 64.0 Å². The van der Waals surface area contributed by atoms with Crippen LogP contribution in [0.1, 0.15) is 74.2 Å². The summed E-state index contributed by atoms with van der Waals surface area (Å²) in [6, 6.07) is 8.86. The zero-order valence-corrected chi connectivity index (χ0v) is 27.6. The number of phenolic OH excluding ortho intramolecular Hbond substituents is 2. The Balaban J connectivity index is 0.000000182. The number of ether oxygens (including phenoxy) is 4. The van der Waals surface area contributed by atoms with E-state index in [2.05, 4.69) is 0 Å². The van der Waals surface area contributed by atoms with Crippen molar-refractivity contribution >= 4 is 18.5 Å². The molecular weight excluding hydrogens is 592 g/mol. The van der Waals surface area contributed by atoms with Gasteiger partial charge in [0.15, 0.2) is 6.29 Å². The Kier molecular flexibility index (Phi) is 9.56. The fourth-order valence-electron chi connectivity index (χ4n) is 6.64. The van der Waals surface area contributed by atoms with Gasteiger partial charge in [0, 0.05) is 31.5 Å². The average molecular weight is 639 g/mol. The first-order valence-electron chi connectivity index (χ1n) is 16.0. The van der Waals surface area contributed by atoms with Crippen LogP contribution in [0, 0.1) is 0 Å². The molecule has 250 valence electrons. The molecule has 2 aromatic carbocycles.